The van der Waals surface area contributed by atoms with E-state index in [2.05, 4.69) is 25.3 Å². The van der Waals surface area contributed by atoms with Gasteiger partial charge in [-0.05, 0) is 61.7 Å². The van der Waals surface area contributed by atoms with Gasteiger partial charge in [-0.15, -0.1) is 0 Å². The van der Waals surface area contributed by atoms with Crippen LogP contribution in [0.4, 0.5) is 39.1 Å². The summed E-state index contributed by atoms with van der Waals surface area (Å²) >= 11 is 0. The third-order valence-electron chi connectivity index (χ3n) is 6.94. The number of rotatable bonds is 7. The molecule has 0 amide bonds. The molecule has 1 unspecified atom stereocenters. The minimum absolute atomic E-state index is 0.0355. The van der Waals surface area contributed by atoms with Gasteiger partial charge in [-0.25, -0.2) is 37.1 Å². The summed E-state index contributed by atoms with van der Waals surface area (Å²) in [6.45, 7) is 0.602. The Balaban J connectivity index is 1.34. The Labute approximate surface area is 247 Å². The number of fused-ring (bicyclic) bond motifs is 1. The van der Waals surface area contributed by atoms with Crippen molar-refractivity contribution >= 4 is 38.4 Å². The van der Waals surface area contributed by atoms with Crippen molar-refractivity contribution in [1.82, 2.24) is 24.5 Å². The number of hydrogen-bond acceptors (Lipinski definition) is 8. The molecule has 1 atom stereocenters. The van der Waals surface area contributed by atoms with Crippen LogP contribution in [0.2, 0.25) is 0 Å². The van der Waals surface area contributed by atoms with Crippen LogP contribution in [-0.4, -0.2) is 39.5 Å². The zero-order valence-corrected chi connectivity index (χ0v) is 23.3. The highest BCUT2D eigenvalue weighted by Crippen LogP contribution is 2.36. The van der Waals surface area contributed by atoms with Gasteiger partial charge in [-0.3, -0.25) is 9.29 Å². The van der Waals surface area contributed by atoms with Crippen LogP contribution in [0.5, 0.6) is 0 Å². The number of pyridine rings is 1. The number of hydrogen-bond donors (Lipinski definition) is 2. The van der Waals surface area contributed by atoms with Crippen molar-refractivity contribution in [3.05, 3.63) is 84.6 Å². The van der Waals surface area contributed by atoms with E-state index in [-0.39, 0.29) is 12.0 Å². The molecule has 16 heteroatoms. The van der Waals surface area contributed by atoms with Gasteiger partial charge in [-0.1, -0.05) is 6.07 Å². The van der Waals surface area contributed by atoms with Gasteiger partial charge in [-0.2, -0.15) is 13.2 Å². The summed E-state index contributed by atoms with van der Waals surface area (Å²) in [5.74, 6) is -2.48. The van der Waals surface area contributed by atoms with Crippen molar-refractivity contribution < 1.29 is 35.1 Å². The van der Waals surface area contributed by atoms with Gasteiger partial charge in [0.1, 0.15) is 41.1 Å². The number of imidazole rings is 1. The standard InChI is InChI=1S/C28H22F5N7O3S/c29-19-9-10-20(39-44(41,42)17-6-3-5-16(13-17)28(31,32)33)22(30)24(19)38-26-18(7-4-11-34-26)23-25-27(36-14-35-23)40(15-37-25)21-8-1-2-12-43-21/h3-7,9-11,13-15,21,39H,1-2,8,12H2,(H,34,38). The number of anilines is 3. The third kappa shape index (κ3) is 5.65. The van der Waals surface area contributed by atoms with E-state index in [0.717, 1.165) is 43.5 Å². The lowest BCUT2D eigenvalue weighted by Crippen LogP contribution is -2.17. The Morgan fingerprint density at radius 2 is 1.82 bits per heavy atom. The fraction of sp³-hybridized carbons (Fsp3) is 0.214. The summed E-state index contributed by atoms with van der Waals surface area (Å²) in [5, 5.41) is 2.57. The lowest BCUT2D eigenvalue weighted by molar-refractivity contribution is -0.137. The zero-order chi connectivity index (χ0) is 31.1. The van der Waals surface area contributed by atoms with E-state index in [4.69, 9.17) is 4.74 Å². The van der Waals surface area contributed by atoms with Crippen LogP contribution < -0.4 is 10.0 Å². The van der Waals surface area contributed by atoms with Crippen LogP contribution in [0.25, 0.3) is 22.4 Å². The molecule has 44 heavy (non-hydrogen) atoms. The fourth-order valence-electron chi connectivity index (χ4n) is 4.81. The first-order valence-electron chi connectivity index (χ1n) is 13.2. The number of nitrogens with zero attached hydrogens (tertiary/aromatic N) is 5. The Morgan fingerprint density at radius 3 is 2.59 bits per heavy atom. The molecule has 0 aliphatic carbocycles. The molecular weight excluding hydrogens is 609 g/mol. The van der Waals surface area contributed by atoms with Crippen molar-refractivity contribution in [3.63, 3.8) is 0 Å². The molecule has 3 aromatic heterocycles. The van der Waals surface area contributed by atoms with Crippen LogP contribution >= 0.6 is 0 Å². The molecule has 0 saturated carbocycles. The van der Waals surface area contributed by atoms with Gasteiger partial charge in [0.05, 0.1) is 22.5 Å². The van der Waals surface area contributed by atoms with Gasteiger partial charge in [0.25, 0.3) is 10.0 Å². The second kappa shape index (κ2) is 11.4. The number of aromatic nitrogens is 5. The average Bonchev–Trinajstić information content (AvgIpc) is 3.46. The van der Waals surface area contributed by atoms with Gasteiger partial charge in [0.15, 0.2) is 11.5 Å². The van der Waals surface area contributed by atoms with E-state index in [0.29, 0.717) is 41.2 Å². The third-order valence-corrected chi connectivity index (χ3v) is 8.30. The molecule has 10 nitrogen and oxygen atoms in total. The van der Waals surface area contributed by atoms with E-state index < -0.39 is 49.7 Å². The number of alkyl halides is 3. The van der Waals surface area contributed by atoms with E-state index in [1.165, 1.54) is 12.5 Å². The first-order chi connectivity index (χ1) is 21.0. The predicted octanol–water partition coefficient (Wildman–Crippen LogP) is 6.43. The Morgan fingerprint density at radius 1 is 0.977 bits per heavy atom. The SMILES string of the molecule is O=S(=O)(Nc1ccc(F)c(Nc2ncccc2-c2ncnc3c2ncn3C2CCCCO2)c1F)c1cccc(C(F)(F)F)c1. The maximum Gasteiger partial charge on any atom is 0.416 e. The second-order valence-electron chi connectivity index (χ2n) is 9.81. The Bertz CT molecular complexity index is 1960. The molecule has 1 aliphatic rings. The van der Waals surface area contributed by atoms with Crippen LogP contribution in [-0.2, 0) is 20.9 Å². The number of halogens is 5. The molecule has 1 aliphatic heterocycles. The summed E-state index contributed by atoms with van der Waals surface area (Å²) in [4.78, 5) is 16.6. The largest absolute Gasteiger partial charge is 0.416 e. The van der Waals surface area contributed by atoms with Crippen molar-refractivity contribution in [2.24, 2.45) is 0 Å². The van der Waals surface area contributed by atoms with Crippen molar-refractivity contribution in [3.8, 4) is 11.3 Å². The van der Waals surface area contributed by atoms with E-state index in [1.807, 2.05) is 4.72 Å². The lowest BCUT2D eigenvalue weighted by atomic mass is 10.1. The first-order valence-corrected chi connectivity index (χ1v) is 14.7. The number of nitrogens with one attached hydrogen (secondary N) is 2. The summed E-state index contributed by atoms with van der Waals surface area (Å²) in [6, 6.07) is 7.73. The lowest BCUT2D eigenvalue weighted by Gasteiger charge is -2.23. The monoisotopic (exact) mass is 631 g/mol. The van der Waals surface area contributed by atoms with E-state index >= 15 is 4.39 Å². The average molecular weight is 632 g/mol. The fourth-order valence-corrected chi connectivity index (χ4v) is 5.91. The molecule has 0 bridgehead atoms. The number of ether oxygens (including phenoxy) is 1. The molecule has 6 rings (SSSR count). The highest BCUT2D eigenvalue weighted by atomic mass is 32.2. The Hall–Kier alpha value is -4.70. The smallest absolute Gasteiger partial charge is 0.358 e. The molecule has 2 N–H and O–H groups in total. The number of benzene rings is 2. The highest BCUT2D eigenvalue weighted by Gasteiger charge is 2.32. The summed E-state index contributed by atoms with van der Waals surface area (Å²) < 4.78 is 105. The first kappa shape index (κ1) is 29.4. The van der Waals surface area contributed by atoms with E-state index in [9.17, 15) is 26.0 Å². The molecule has 5 aromatic rings. The molecule has 0 radical (unpaired) electrons. The molecule has 228 valence electrons. The summed E-state index contributed by atoms with van der Waals surface area (Å²) in [6.07, 6.45) is 1.92. The molecule has 1 saturated heterocycles. The quantitative estimate of drug-likeness (QED) is 0.197. The van der Waals surface area contributed by atoms with Crippen molar-refractivity contribution in [1.29, 1.82) is 0 Å². The molecule has 0 spiro atoms. The Kier molecular flexibility index (Phi) is 7.63. The van der Waals surface area contributed by atoms with Crippen LogP contribution in [0.15, 0.2) is 72.3 Å². The molecule has 1 fully saturated rings. The minimum atomic E-state index is -4.80. The zero-order valence-electron chi connectivity index (χ0n) is 22.5. The van der Waals surface area contributed by atoms with Crippen molar-refractivity contribution in [2.75, 3.05) is 16.6 Å². The van der Waals surface area contributed by atoms with Crippen LogP contribution in [0.3, 0.4) is 0 Å². The van der Waals surface area contributed by atoms with Crippen LogP contribution in [0.1, 0.15) is 31.1 Å². The van der Waals surface area contributed by atoms with E-state index in [1.54, 1.807) is 23.0 Å². The van der Waals surface area contributed by atoms with Gasteiger partial charge >= 0.3 is 6.18 Å². The van der Waals surface area contributed by atoms with Gasteiger partial charge in [0.2, 0.25) is 0 Å². The van der Waals surface area contributed by atoms with Crippen LogP contribution in [0, 0.1) is 11.6 Å². The number of sulfonamides is 1. The molecule has 4 heterocycles. The maximum atomic E-state index is 15.6. The molecular formula is C28H22F5N7O3S. The molecule has 2 aromatic carbocycles. The maximum absolute atomic E-state index is 15.6. The predicted molar refractivity (Wildman–Crippen MR) is 149 cm³/mol. The van der Waals surface area contributed by atoms with Crippen molar-refractivity contribution in [2.45, 2.75) is 36.6 Å². The normalized spacial score (nSPS) is 15.8. The summed E-state index contributed by atoms with van der Waals surface area (Å²) in [7, 11) is -4.70. The highest BCUT2D eigenvalue weighted by molar-refractivity contribution is 7.92. The summed E-state index contributed by atoms with van der Waals surface area (Å²) in [5.41, 5.74) is -1.19. The second-order valence-corrected chi connectivity index (χ2v) is 11.5. The minimum Gasteiger partial charge on any atom is -0.358 e. The topological polar surface area (TPSA) is 124 Å². The van der Waals surface area contributed by atoms with Gasteiger partial charge in [0, 0.05) is 18.4 Å². The van der Waals surface area contributed by atoms with Gasteiger partial charge < -0.3 is 10.1 Å².